The number of urea groups is 1. The van der Waals surface area contributed by atoms with E-state index in [1.807, 2.05) is 29.8 Å². The quantitative estimate of drug-likeness (QED) is 0.454. The number of carbonyl (C=O) groups excluding carboxylic acids is 1. The van der Waals surface area contributed by atoms with Crippen LogP contribution in [0.15, 0.2) is 60.9 Å². The minimum atomic E-state index is -0.433. The third-order valence-corrected chi connectivity index (χ3v) is 5.45. The van der Waals surface area contributed by atoms with Gasteiger partial charge in [-0.3, -0.25) is 4.57 Å². The molecule has 1 saturated heterocycles. The number of aryl methyl sites for hydroxylation is 1. The lowest BCUT2D eigenvalue weighted by Gasteiger charge is -2.27. The minimum absolute atomic E-state index is 0.368. The van der Waals surface area contributed by atoms with Gasteiger partial charge in [-0.15, -0.1) is 0 Å². The van der Waals surface area contributed by atoms with E-state index in [4.69, 9.17) is 9.72 Å². The third-order valence-electron chi connectivity index (χ3n) is 5.45. The molecule has 178 valence electrons. The van der Waals surface area contributed by atoms with Crippen molar-refractivity contribution in [2.45, 2.75) is 6.92 Å². The number of hydrogen-bond acceptors (Lipinski definition) is 7. The number of ether oxygens (including phenoxy) is 1. The first-order valence-electron chi connectivity index (χ1n) is 11.1. The molecule has 1 aliphatic rings. The van der Waals surface area contributed by atoms with E-state index in [9.17, 15) is 9.18 Å². The van der Waals surface area contributed by atoms with Crippen LogP contribution < -0.4 is 15.5 Å². The Morgan fingerprint density at radius 3 is 2.17 bits per heavy atom. The highest BCUT2D eigenvalue weighted by atomic mass is 19.1. The van der Waals surface area contributed by atoms with Gasteiger partial charge in [0.2, 0.25) is 11.9 Å². The number of nitrogens with one attached hydrogen (secondary N) is 2. The summed E-state index contributed by atoms with van der Waals surface area (Å²) in [5.74, 6) is 1.95. The van der Waals surface area contributed by atoms with Crippen molar-refractivity contribution in [2.24, 2.45) is 0 Å². The summed E-state index contributed by atoms with van der Waals surface area (Å²) in [5, 5.41) is 5.42. The molecule has 4 aromatic rings. The summed E-state index contributed by atoms with van der Waals surface area (Å²) in [5.41, 5.74) is 1.84. The lowest BCUT2D eigenvalue weighted by atomic mass is 10.2. The summed E-state index contributed by atoms with van der Waals surface area (Å²) < 4.78 is 20.3. The molecule has 1 aliphatic heterocycles. The molecule has 2 N–H and O–H groups in total. The molecular weight excluding hydrogens is 451 g/mol. The van der Waals surface area contributed by atoms with Gasteiger partial charge in [0.1, 0.15) is 11.6 Å². The molecule has 0 unspecified atom stereocenters. The van der Waals surface area contributed by atoms with E-state index < -0.39 is 6.03 Å². The Labute approximate surface area is 200 Å². The smallest absolute Gasteiger partial charge is 0.323 e. The molecule has 0 radical (unpaired) electrons. The van der Waals surface area contributed by atoms with Crippen LogP contribution in [0, 0.1) is 12.7 Å². The van der Waals surface area contributed by atoms with Crippen LogP contribution >= 0.6 is 0 Å². The monoisotopic (exact) mass is 474 g/mol. The van der Waals surface area contributed by atoms with Gasteiger partial charge in [-0.2, -0.15) is 15.0 Å². The lowest BCUT2D eigenvalue weighted by Crippen LogP contribution is -2.37. The summed E-state index contributed by atoms with van der Waals surface area (Å²) in [6.07, 6.45) is 3.51. The number of carbonyl (C=O) groups is 1. The van der Waals surface area contributed by atoms with E-state index in [-0.39, 0.29) is 5.82 Å². The topological polar surface area (TPSA) is 110 Å². The zero-order chi connectivity index (χ0) is 24.2. The van der Waals surface area contributed by atoms with Gasteiger partial charge in [0, 0.05) is 42.4 Å². The van der Waals surface area contributed by atoms with Gasteiger partial charge >= 0.3 is 6.03 Å². The summed E-state index contributed by atoms with van der Waals surface area (Å²) in [7, 11) is 0. The Bertz CT molecular complexity index is 1320. The molecule has 11 heteroatoms. The maximum absolute atomic E-state index is 13.0. The van der Waals surface area contributed by atoms with E-state index in [0.29, 0.717) is 55.4 Å². The highest BCUT2D eigenvalue weighted by Crippen LogP contribution is 2.22. The maximum Gasteiger partial charge on any atom is 0.323 e. The Hall–Kier alpha value is -4.38. The standard InChI is InChI=1S/C24H23FN8O2/c1-16-26-10-11-33(16)23-30-21(29-22(31-23)32-12-14-35-15-13-32)17-2-6-19(7-3-17)27-24(34)28-20-8-4-18(25)5-9-20/h2-11H,12-15H2,1H3,(H2,27,28,34). The molecule has 1 fully saturated rings. The molecule has 0 aliphatic carbocycles. The third kappa shape index (κ3) is 5.25. The molecule has 0 atom stereocenters. The molecule has 2 aromatic carbocycles. The summed E-state index contributed by atoms with van der Waals surface area (Å²) in [6.45, 7) is 4.49. The van der Waals surface area contributed by atoms with E-state index in [0.717, 1.165) is 11.4 Å². The molecule has 35 heavy (non-hydrogen) atoms. The van der Waals surface area contributed by atoms with Gasteiger partial charge in [-0.25, -0.2) is 14.2 Å². The average molecular weight is 475 g/mol. The summed E-state index contributed by atoms with van der Waals surface area (Å²) in [6, 6.07) is 12.3. The fourth-order valence-corrected chi connectivity index (χ4v) is 3.61. The average Bonchev–Trinajstić information content (AvgIpc) is 3.32. The predicted octanol–water partition coefficient (Wildman–Crippen LogP) is 3.65. The number of amides is 2. The molecular formula is C24H23FN8O2. The van der Waals surface area contributed by atoms with Crippen molar-refractivity contribution in [1.29, 1.82) is 0 Å². The summed E-state index contributed by atoms with van der Waals surface area (Å²) >= 11 is 0. The fourth-order valence-electron chi connectivity index (χ4n) is 3.61. The minimum Gasteiger partial charge on any atom is -0.378 e. The second-order valence-corrected chi connectivity index (χ2v) is 7.87. The number of hydrogen-bond donors (Lipinski definition) is 2. The Morgan fingerprint density at radius 2 is 1.54 bits per heavy atom. The van der Waals surface area contributed by atoms with Crippen LogP contribution in [0.1, 0.15) is 5.82 Å². The molecule has 2 amide bonds. The van der Waals surface area contributed by atoms with Gasteiger partial charge in [-0.1, -0.05) is 0 Å². The van der Waals surface area contributed by atoms with Crippen LogP contribution in [0.25, 0.3) is 17.3 Å². The number of anilines is 3. The van der Waals surface area contributed by atoms with Crippen LogP contribution in [-0.4, -0.2) is 56.8 Å². The van der Waals surface area contributed by atoms with Crippen LogP contribution in [0.2, 0.25) is 0 Å². The SMILES string of the molecule is Cc1nccn1-c1nc(-c2ccc(NC(=O)Nc3ccc(F)cc3)cc2)nc(N2CCOCC2)n1. The van der Waals surface area contributed by atoms with Crippen LogP contribution in [0.5, 0.6) is 0 Å². The Morgan fingerprint density at radius 1 is 0.914 bits per heavy atom. The predicted molar refractivity (Wildman–Crippen MR) is 129 cm³/mol. The van der Waals surface area contributed by atoms with Crippen LogP contribution in [0.3, 0.4) is 0 Å². The number of aromatic nitrogens is 5. The second-order valence-electron chi connectivity index (χ2n) is 7.87. The van der Waals surface area contributed by atoms with Gasteiger partial charge in [-0.05, 0) is 55.5 Å². The molecule has 3 heterocycles. The molecule has 2 aromatic heterocycles. The second kappa shape index (κ2) is 9.85. The molecule has 10 nitrogen and oxygen atoms in total. The van der Waals surface area contributed by atoms with Crippen molar-refractivity contribution in [3.8, 4) is 17.3 Å². The summed E-state index contributed by atoms with van der Waals surface area (Å²) in [4.78, 5) is 32.7. The van der Waals surface area contributed by atoms with Gasteiger partial charge in [0.25, 0.3) is 0 Å². The molecule has 5 rings (SSSR count). The fraction of sp³-hybridized carbons (Fsp3) is 0.208. The first kappa shape index (κ1) is 22.4. The van der Waals surface area contributed by atoms with Gasteiger partial charge in [0.15, 0.2) is 5.82 Å². The van der Waals surface area contributed by atoms with Crippen molar-refractivity contribution in [2.75, 3.05) is 41.8 Å². The van der Waals surface area contributed by atoms with Crippen molar-refractivity contribution in [1.82, 2.24) is 24.5 Å². The van der Waals surface area contributed by atoms with Crippen molar-refractivity contribution < 1.29 is 13.9 Å². The maximum atomic E-state index is 13.0. The van der Waals surface area contributed by atoms with Crippen molar-refractivity contribution in [3.05, 3.63) is 72.6 Å². The first-order chi connectivity index (χ1) is 17.0. The zero-order valence-corrected chi connectivity index (χ0v) is 19.0. The Kier molecular flexibility index (Phi) is 6.31. The number of benzene rings is 2. The highest BCUT2D eigenvalue weighted by Gasteiger charge is 2.18. The Balaban J connectivity index is 1.38. The molecule has 0 spiro atoms. The van der Waals surface area contributed by atoms with Crippen LogP contribution in [0.4, 0.5) is 26.5 Å². The number of nitrogens with zero attached hydrogens (tertiary/aromatic N) is 6. The van der Waals surface area contributed by atoms with Gasteiger partial charge in [0.05, 0.1) is 13.2 Å². The molecule has 0 saturated carbocycles. The number of morpholine rings is 1. The highest BCUT2D eigenvalue weighted by molar-refractivity contribution is 5.99. The number of halogens is 1. The van der Waals surface area contributed by atoms with Gasteiger partial charge < -0.3 is 20.3 Å². The first-order valence-corrected chi connectivity index (χ1v) is 11.1. The van der Waals surface area contributed by atoms with E-state index >= 15 is 0 Å². The zero-order valence-electron chi connectivity index (χ0n) is 19.0. The van der Waals surface area contributed by atoms with E-state index in [1.54, 1.807) is 18.3 Å². The normalized spacial score (nSPS) is 13.5. The van der Waals surface area contributed by atoms with Crippen molar-refractivity contribution >= 4 is 23.4 Å². The largest absolute Gasteiger partial charge is 0.378 e. The number of imidazole rings is 1. The van der Waals surface area contributed by atoms with E-state index in [1.165, 1.54) is 24.3 Å². The van der Waals surface area contributed by atoms with Crippen molar-refractivity contribution in [3.63, 3.8) is 0 Å². The van der Waals surface area contributed by atoms with Crippen LogP contribution in [-0.2, 0) is 4.74 Å². The van der Waals surface area contributed by atoms with E-state index in [2.05, 4.69) is 30.5 Å². The lowest BCUT2D eigenvalue weighted by molar-refractivity contribution is 0.122. The number of rotatable bonds is 5. The molecule has 0 bridgehead atoms.